The summed E-state index contributed by atoms with van der Waals surface area (Å²) in [7, 11) is 0. The number of hydrogen-bond donors (Lipinski definition) is 0. The van der Waals surface area contributed by atoms with Crippen LogP contribution in [0, 0.1) is 6.92 Å². The minimum Gasteiger partial charge on any atom is -0.372 e. The lowest BCUT2D eigenvalue weighted by molar-refractivity contribution is -0.122. The fourth-order valence-corrected chi connectivity index (χ4v) is 6.02. The van der Waals surface area contributed by atoms with Crippen LogP contribution in [0.15, 0.2) is 58.4 Å². The maximum absolute atomic E-state index is 13.7. The number of amides is 1. The molecule has 186 valence electrons. The summed E-state index contributed by atoms with van der Waals surface area (Å²) in [5.41, 5.74) is 2.84. The number of carbonyl (C=O) groups excluding carboxylic acids is 1. The highest BCUT2D eigenvalue weighted by atomic mass is 32.2. The summed E-state index contributed by atoms with van der Waals surface area (Å²) in [5.74, 6) is 0.398. The van der Waals surface area contributed by atoms with Crippen LogP contribution in [-0.4, -0.2) is 56.4 Å². The molecule has 0 saturated carbocycles. The zero-order chi connectivity index (χ0) is 25.4. The van der Waals surface area contributed by atoms with E-state index in [1.807, 2.05) is 63.2 Å². The van der Waals surface area contributed by atoms with Crippen molar-refractivity contribution in [2.45, 2.75) is 39.4 Å². The summed E-state index contributed by atoms with van der Waals surface area (Å²) in [6.45, 7) is 7.67. The summed E-state index contributed by atoms with van der Waals surface area (Å²) >= 11 is 6.78. The molecule has 2 saturated heterocycles. The molecule has 7 nitrogen and oxygen atoms in total. The Balaban J connectivity index is 1.54. The quantitative estimate of drug-likeness (QED) is 0.371. The molecule has 0 spiro atoms. The Hall–Kier alpha value is -3.01. The van der Waals surface area contributed by atoms with Crippen LogP contribution >= 0.6 is 24.0 Å². The van der Waals surface area contributed by atoms with Crippen molar-refractivity contribution in [1.82, 2.24) is 14.3 Å². The number of thiocarbonyl (C=S) groups is 1. The van der Waals surface area contributed by atoms with E-state index >= 15 is 0 Å². The molecule has 0 N–H and O–H groups in total. The van der Waals surface area contributed by atoms with Gasteiger partial charge in [-0.25, -0.2) is 4.98 Å². The second-order valence-electron chi connectivity index (χ2n) is 9.27. The number of anilines is 1. The minimum absolute atomic E-state index is 0.00470. The van der Waals surface area contributed by atoms with E-state index in [1.54, 1.807) is 21.6 Å². The van der Waals surface area contributed by atoms with E-state index in [-0.39, 0.29) is 23.7 Å². The molecule has 3 aromatic rings. The molecule has 1 amide bonds. The molecule has 2 aliphatic heterocycles. The molecule has 0 bridgehead atoms. The van der Waals surface area contributed by atoms with Crippen LogP contribution in [0.1, 0.15) is 30.5 Å². The molecular formula is C27H28N4O3S2. The Morgan fingerprint density at radius 3 is 2.56 bits per heavy atom. The third kappa shape index (κ3) is 4.83. The fourth-order valence-electron chi connectivity index (χ4n) is 4.73. The molecule has 2 aromatic heterocycles. The topological polar surface area (TPSA) is 67.2 Å². The molecule has 0 aliphatic carbocycles. The van der Waals surface area contributed by atoms with Gasteiger partial charge in [-0.2, -0.15) is 0 Å². The Kier molecular flexibility index (Phi) is 6.96. The van der Waals surface area contributed by atoms with Crippen molar-refractivity contribution < 1.29 is 9.53 Å². The number of hydrogen-bond acceptors (Lipinski definition) is 7. The van der Waals surface area contributed by atoms with Gasteiger partial charge in [-0.15, -0.1) is 0 Å². The number of ether oxygens (including phenoxy) is 1. The van der Waals surface area contributed by atoms with Gasteiger partial charge < -0.3 is 9.64 Å². The number of benzene rings is 1. The molecular weight excluding hydrogens is 492 g/mol. The lowest BCUT2D eigenvalue weighted by Gasteiger charge is -2.36. The van der Waals surface area contributed by atoms with Crippen molar-refractivity contribution in [2.75, 3.05) is 24.5 Å². The van der Waals surface area contributed by atoms with E-state index < -0.39 is 0 Å². The van der Waals surface area contributed by atoms with Gasteiger partial charge in [0, 0.05) is 25.8 Å². The van der Waals surface area contributed by atoms with Crippen molar-refractivity contribution in [2.24, 2.45) is 0 Å². The summed E-state index contributed by atoms with van der Waals surface area (Å²) in [6, 6.07) is 13.8. The van der Waals surface area contributed by atoms with Crippen LogP contribution in [0.3, 0.4) is 0 Å². The molecule has 2 atom stereocenters. The summed E-state index contributed by atoms with van der Waals surface area (Å²) in [6.07, 6.45) is 4.08. The highest BCUT2D eigenvalue weighted by molar-refractivity contribution is 8.26. The first-order valence-corrected chi connectivity index (χ1v) is 13.3. The monoisotopic (exact) mass is 520 g/mol. The Bertz CT molecular complexity index is 1410. The number of morpholine rings is 1. The molecule has 2 fully saturated rings. The molecule has 9 heteroatoms. The lowest BCUT2D eigenvalue weighted by atomic mass is 10.1. The van der Waals surface area contributed by atoms with Gasteiger partial charge >= 0.3 is 0 Å². The number of aromatic nitrogens is 2. The summed E-state index contributed by atoms with van der Waals surface area (Å²) in [5, 5.41) is 0. The predicted molar refractivity (Wildman–Crippen MR) is 148 cm³/mol. The smallest absolute Gasteiger partial charge is 0.267 e. The second kappa shape index (κ2) is 10.2. The van der Waals surface area contributed by atoms with E-state index in [9.17, 15) is 9.59 Å². The maximum atomic E-state index is 13.7. The predicted octanol–water partition coefficient (Wildman–Crippen LogP) is 4.06. The van der Waals surface area contributed by atoms with Gasteiger partial charge in [0.25, 0.3) is 11.5 Å². The zero-order valence-corrected chi connectivity index (χ0v) is 22.1. The van der Waals surface area contributed by atoms with E-state index in [2.05, 4.69) is 4.90 Å². The standard InChI is InChI=1S/C27H28N4O3S2/c1-17-8-7-12-30-23(17)28-24(29-15-18(2)34-19(3)16-29)21(25(30)32)14-22-26(33)31(27(35)36-22)13-11-20-9-5-4-6-10-20/h4-10,12,14,18-19H,11,13,15-16H2,1-3H3/b22-14-/t18-,19-/m0/s1. The van der Waals surface area contributed by atoms with Crippen molar-refractivity contribution in [1.29, 1.82) is 0 Å². The SMILES string of the molecule is Cc1cccn2c(=O)c(/C=C3\SC(=S)N(CCc4ccccc4)C3=O)c(N3C[C@H](C)O[C@@H](C)C3)nc12. The Morgan fingerprint density at radius 1 is 1.11 bits per heavy atom. The van der Waals surface area contributed by atoms with Crippen molar-refractivity contribution >= 4 is 51.7 Å². The number of carbonyl (C=O) groups is 1. The van der Waals surface area contributed by atoms with Gasteiger partial charge in [0.1, 0.15) is 15.8 Å². The van der Waals surface area contributed by atoms with Gasteiger partial charge in [-0.1, -0.05) is 60.4 Å². The summed E-state index contributed by atoms with van der Waals surface area (Å²) < 4.78 is 7.96. The number of thioether (sulfide) groups is 1. The van der Waals surface area contributed by atoms with Gasteiger partial charge in [0.05, 0.1) is 22.7 Å². The van der Waals surface area contributed by atoms with Crippen LogP contribution in [0.25, 0.3) is 11.7 Å². The highest BCUT2D eigenvalue weighted by Gasteiger charge is 2.33. The first-order valence-electron chi connectivity index (χ1n) is 12.0. The molecule has 36 heavy (non-hydrogen) atoms. The van der Waals surface area contributed by atoms with E-state index in [0.29, 0.717) is 52.3 Å². The first kappa shape index (κ1) is 24.7. The molecule has 0 radical (unpaired) electrons. The Morgan fingerprint density at radius 2 is 1.83 bits per heavy atom. The van der Waals surface area contributed by atoms with Gasteiger partial charge in [0.2, 0.25) is 0 Å². The van der Waals surface area contributed by atoms with Crippen LogP contribution < -0.4 is 10.5 Å². The number of nitrogens with zero attached hydrogens (tertiary/aromatic N) is 4. The van der Waals surface area contributed by atoms with Gasteiger partial charge in [-0.3, -0.25) is 18.9 Å². The number of pyridine rings is 1. The largest absolute Gasteiger partial charge is 0.372 e. The van der Waals surface area contributed by atoms with Gasteiger partial charge in [0.15, 0.2) is 0 Å². The third-order valence-electron chi connectivity index (χ3n) is 6.40. The minimum atomic E-state index is -0.208. The van der Waals surface area contributed by atoms with Crippen LogP contribution in [-0.2, 0) is 16.0 Å². The van der Waals surface area contributed by atoms with Crippen molar-refractivity contribution in [3.63, 3.8) is 0 Å². The van der Waals surface area contributed by atoms with Crippen LogP contribution in [0.4, 0.5) is 5.82 Å². The second-order valence-corrected chi connectivity index (χ2v) is 10.9. The zero-order valence-electron chi connectivity index (χ0n) is 20.5. The maximum Gasteiger partial charge on any atom is 0.267 e. The number of fused-ring (bicyclic) bond motifs is 1. The molecule has 2 aliphatic rings. The average Bonchev–Trinajstić information content (AvgIpc) is 3.11. The fraction of sp³-hybridized carbons (Fsp3) is 0.333. The number of rotatable bonds is 5. The van der Waals surface area contributed by atoms with Crippen LogP contribution in [0.5, 0.6) is 0 Å². The molecule has 0 unspecified atom stereocenters. The third-order valence-corrected chi connectivity index (χ3v) is 7.78. The van der Waals surface area contributed by atoms with E-state index in [0.717, 1.165) is 11.1 Å². The summed E-state index contributed by atoms with van der Waals surface area (Å²) in [4.78, 5) is 36.2. The lowest BCUT2D eigenvalue weighted by Crippen LogP contribution is -2.46. The normalized spacial score (nSPS) is 21.7. The van der Waals surface area contributed by atoms with Gasteiger partial charge in [-0.05, 0) is 50.5 Å². The van der Waals surface area contributed by atoms with E-state index in [1.165, 1.54) is 11.8 Å². The Labute approximate surface area is 219 Å². The highest BCUT2D eigenvalue weighted by Crippen LogP contribution is 2.34. The molecule has 5 rings (SSSR count). The van der Waals surface area contributed by atoms with Crippen molar-refractivity contribution in [3.8, 4) is 0 Å². The first-order chi connectivity index (χ1) is 17.3. The average molecular weight is 521 g/mol. The van der Waals surface area contributed by atoms with Crippen LogP contribution in [0.2, 0.25) is 0 Å². The van der Waals surface area contributed by atoms with E-state index in [4.69, 9.17) is 21.9 Å². The molecule has 1 aromatic carbocycles. The van der Waals surface area contributed by atoms with Crippen molar-refractivity contribution in [3.05, 3.63) is 80.6 Å². The number of aryl methyl sites for hydroxylation is 1. The molecule has 4 heterocycles.